The Morgan fingerprint density at radius 3 is 2.27 bits per heavy atom. The lowest BCUT2D eigenvalue weighted by atomic mass is 9.96. The predicted octanol–water partition coefficient (Wildman–Crippen LogP) is 6.07. The molecule has 0 aliphatic carbocycles. The van der Waals surface area contributed by atoms with E-state index in [1.165, 1.54) is 5.56 Å². The molecule has 5 nitrogen and oxygen atoms in total. The number of carboxylic acids is 1. The van der Waals surface area contributed by atoms with Gasteiger partial charge in [-0.25, -0.2) is 9.78 Å². The molecular formula is C32H27NO4. The summed E-state index contributed by atoms with van der Waals surface area (Å²) in [5, 5.41) is 8.82. The van der Waals surface area contributed by atoms with Crippen molar-refractivity contribution < 1.29 is 19.4 Å². The Kier molecular flexibility index (Phi) is 8.36. The minimum Gasteiger partial charge on any atom is -0.489 e. The van der Waals surface area contributed by atoms with Crippen molar-refractivity contribution in [3.8, 4) is 23.3 Å². The van der Waals surface area contributed by atoms with Crippen molar-refractivity contribution in [2.75, 3.05) is 13.2 Å². The summed E-state index contributed by atoms with van der Waals surface area (Å²) in [5.74, 6) is 6.45. The van der Waals surface area contributed by atoms with Gasteiger partial charge in [0.1, 0.15) is 23.8 Å². The molecule has 0 unspecified atom stereocenters. The number of rotatable bonds is 8. The van der Waals surface area contributed by atoms with Crippen molar-refractivity contribution in [3.63, 3.8) is 0 Å². The van der Waals surface area contributed by atoms with E-state index in [1.807, 2.05) is 43.3 Å². The van der Waals surface area contributed by atoms with Gasteiger partial charge in [-0.3, -0.25) is 0 Å². The van der Waals surface area contributed by atoms with E-state index in [-0.39, 0.29) is 6.61 Å². The molecule has 0 radical (unpaired) electrons. The zero-order chi connectivity index (χ0) is 26.0. The van der Waals surface area contributed by atoms with Crippen LogP contribution < -0.4 is 9.47 Å². The van der Waals surface area contributed by atoms with Gasteiger partial charge in [0.05, 0.1) is 0 Å². The molecule has 3 aromatic carbocycles. The number of hydrogen-bond acceptors (Lipinski definition) is 4. The lowest BCUT2D eigenvalue weighted by Gasteiger charge is -2.12. The van der Waals surface area contributed by atoms with E-state index in [0.717, 1.165) is 33.5 Å². The number of pyridine rings is 1. The Morgan fingerprint density at radius 1 is 0.892 bits per heavy atom. The largest absolute Gasteiger partial charge is 0.489 e. The molecule has 1 heterocycles. The number of aryl methyl sites for hydroxylation is 2. The molecule has 0 saturated carbocycles. The monoisotopic (exact) mass is 489 g/mol. The Balaban J connectivity index is 1.52. The van der Waals surface area contributed by atoms with E-state index in [0.29, 0.717) is 18.1 Å². The van der Waals surface area contributed by atoms with Gasteiger partial charge >= 0.3 is 5.97 Å². The smallest absolute Gasteiger partial charge is 0.341 e. The van der Waals surface area contributed by atoms with Crippen molar-refractivity contribution in [3.05, 3.63) is 131 Å². The SMILES string of the molecule is Cc1ccc(/C(=C/COc2ccc(OCC(=O)O)c(C)c2)c2ccc(C#Cc3ccccn3)cc2)cc1. The lowest BCUT2D eigenvalue weighted by molar-refractivity contribution is -0.139. The van der Waals surface area contributed by atoms with Crippen LogP contribution in [0.4, 0.5) is 0 Å². The summed E-state index contributed by atoms with van der Waals surface area (Å²) in [5.41, 5.74) is 6.86. The Morgan fingerprint density at radius 2 is 1.62 bits per heavy atom. The van der Waals surface area contributed by atoms with Crippen molar-refractivity contribution in [1.29, 1.82) is 0 Å². The lowest BCUT2D eigenvalue weighted by Crippen LogP contribution is -2.10. The zero-order valence-electron chi connectivity index (χ0n) is 20.8. The summed E-state index contributed by atoms with van der Waals surface area (Å²) < 4.78 is 11.3. The third-order valence-electron chi connectivity index (χ3n) is 5.59. The van der Waals surface area contributed by atoms with Gasteiger partial charge in [-0.2, -0.15) is 0 Å². The molecule has 0 saturated heterocycles. The van der Waals surface area contributed by atoms with Gasteiger partial charge in [0.25, 0.3) is 0 Å². The van der Waals surface area contributed by atoms with Crippen molar-refractivity contribution in [1.82, 2.24) is 4.98 Å². The molecule has 0 aliphatic heterocycles. The number of carbonyl (C=O) groups is 1. The van der Waals surface area contributed by atoms with Crippen LogP contribution in [0.5, 0.6) is 11.5 Å². The number of aromatic nitrogens is 1. The van der Waals surface area contributed by atoms with Crippen LogP contribution >= 0.6 is 0 Å². The van der Waals surface area contributed by atoms with E-state index >= 15 is 0 Å². The first-order chi connectivity index (χ1) is 18.0. The van der Waals surface area contributed by atoms with E-state index < -0.39 is 5.97 Å². The van der Waals surface area contributed by atoms with Crippen LogP contribution in [0.2, 0.25) is 0 Å². The van der Waals surface area contributed by atoms with Crippen molar-refractivity contribution in [2.24, 2.45) is 0 Å². The number of hydrogen-bond donors (Lipinski definition) is 1. The van der Waals surface area contributed by atoms with Crippen LogP contribution in [-0.4, -0.2) is 29.3 Å². The van der Waals surface area contributed by atoms with Gasteiger partial charge < -0.3 is 14.6 Å². The standard InChI is InChI=1S/C32H27NO4/c1-23-6-11-26(12-7-23)30(18-20-36-29-16-17-31(24(2)21-29)37-22-32(34)35)27-13-8-25(9-14-27)10-15-28-5-3-4-19-33-28/h3-9,11-14,16-19,21H,20,22H2,1-2H3,(H,34,35)/b30-18-. The average Bonchev–Trinajstić information content (AvgIpc) is 2.91. The molecule has 184 valence electrons. The van der Waals surface area contributed by atoms with Crippen LogP contribution in [0.25, 0.3) is 5.57 Å². The van der Waals surface area contributed by atoms with Gasteiger partial charge in [-0.15, -0.1) is 0 Å². The van der Waals surface area contributed by atoms with Crippen LogP contribution in [-0.2, 0) is 4.79 Å². The summed E-state index contributed by atoms with van der Waals surface area (Å²) >= 11 is 0. The Hall–Kier alpha value is -4.82. The van der Waals surface area contributed by atoms with Crippen LogP contribution in [0.1, 0.15) is 33.5 Å². The number of benzene rings is 3. The maximum Gasteiger partial charge on any atom is 0.341 e. The van der Waals surface area contributed by atoms with Crippen LogP contribution in [0.3, 0.4) is 0 Å². The molecule has 0 atom stereocenters. The summed E-state index contributed by atoms with van der Waals surface area (Å²) in [6.07, 6.45) is 3.79. The van der Waals surface area contributed by atoms with Crippen molar-refractivity contribution >= 4 is 11.5 Å². The van der Waals surface area contributed by atoms with E-state index in [1.54, 1.807) is 18.3 Å². The Labute approximate surface area is 217 Å². The average molecular weight is 490 g/mol. The second-order valence-electron chi connectivity index (χ2n) is 8.45. The summed E-state index contributed by atoms with van der Waals surface area (Å²) in [4.78, 5) is 15.0. The van der Waals surface area contributed by atoms with E-state index in [9.17, 15) is 4.79 Å². The second kappa shape index (κ2) is 12.2. The third-order valence-corrected chi connectivity index (χ3v) is 5.59. The van der Waals surface area contributed by atoms with Gasteiger partial charge in [0.2, 0.25) is 0 Å². The van der Waals surface area contributed by atoms with Crippen molar-refractivity contribution in [2.45, 2.75) is 13.8 Å². The first-order valence-electron chi connectivity index (χ1n) is 11.9. The van der Waals surface area contributed by atoms with Crippen LogP contribution in [0, 0.1) is 25.7 Å². The number of nitrogens with zero attached hydrogens (tertiary/aromatic N) is 1. The first-order valence-corrected chi connectivity index (χ1v) is 11.9. The number of carboxylic acid groups (broad SMARTS) is 1. The molecule has 4 rings (SSSR count). The first kappa shape index (κ1) is 25.3. The maximum atomic E-state index is 10.8. The summed E-state index contributed by atoms with van der Waals surface area (Å²) in [7, 11) is 0. The third kappa shape index (κ3) is 7.33. The topological polar surface area (TPSA) is 68.7 Å². The predicted molar refractivity (Wildman–Crippen MR) is 145 cm³/mol. The fourth-order valence-corrected chi connectivity index (χ4v) is 3.68. The highest BCUT2D eigenvalue weighted by Gasteiger charge is 2.07. The van der Waals surface area contributed by atoms with Gasteiger partial charge in [0, 0.05) is 11.8 Å². The molecule has 0 fully saturated rings. The molecule has 1 aromatic heterocycles. The molecule has 0 spiro atoms. The molecule has 4 aromatic rings. The molecule has 0 aliphatic rings. The van der Waals surface area contributed by atoms with E-state index in [2.05, 4.69) is 66.2 Å². The highest BCUT2D eigenvalue weighted by atomic mass is 16.5. The normalized spacial score (nSPS) is 10.8. The molecule has 0 amide bonds. The molecule has 37 heavy (non-hydrogen) atoms. The molecule has 1 N–H and O–H groups in total. The highest BCUT2D eigenvalue weighted by Crippen LogP contribution is 2.26. The highest BCUT2D eigenvalue weighted by molar-refractivity contribution is 5.80. The quantitative estimate of drug-likeness (QED) is 0.304. The molecular weight excluding hydrogens is 462 g/mol. The number of ether oxygens (including phenoxy) is 2. The fraction of sp³-hybridized carbons (Fsp3) is 0.125. The minimum absolute atomic E-state index is 0.360. The Bertz CT molecular complexity index is 1450. The second-order valence-corrected chi connectivity index (χ2v) is 8.45. The van der Waals surface area contributed by atoms with Gasteiger partial charge in [0.15, 0.2) is 6.61 Å². The maximum absolute atomic E-state index is 10.8. The van der Waals surface area contributed by atoms with Crippen LogP contribution in [0.15, 0.2) is 97.2 Å². The summed E-state index contributed by atoms with van der Waals surface area (Å²) in [6, 6.07) is 27.6. The molecule has 5 heteroatoms. The fourth-order valence-electron chi connectivity index (χ4n) is 3.68. The number of aliphatic carboxylic acids is 1. The van der Waals surface area contributed by atoms with Gasteiger partial charge in [-0.05, 0) is 90.6 Å². The summed E-state index contributed by atoms with van der Waals surface area (Å²) in [6.45, 7) is 3.91. The van der Waals surface area contributed by atoms with E-state index in [4.69, 9.17) is 14.6 Å². The molecule has 0 bridgehead atoms. The zero-order valence-corrected chi connectivity index (χ0v) is 20.8. The van der Waals surface area contributed by atoms with Gasteiger partial charge in [-0.1, -0.05) is 53.9 Å². The minimum atomic E-state index is -1.01.